The second-order valence-electron chi connectivity index (χ2n) is 9.85. The molecule has 2 aliphatic heterocycles. The maximum absolute atomic E-state index is 13.1. The SMILES string of the molecule is Cc1ccc2[nH]cc(CCNC(=O)c3nnsc3NC(=O)N3CC4CC(C3)c3cccc(=O)n3C4)c2c1. The summed E-state index contributed by atoms with van der Waals surface area (Å²) in [6.07, 6.45) is 3.59. The lowest BCUT2D eigenvalue weighted by atomic mass is 9.83. The number of urea groups is 1. The summed E-state index contributed by atoms with van der Waals surface area (Å²) < 4.78 is 5.74. The number of carbonyl (C=O) groups excluding carboxylic acids is 2. The van der Waals surface area contributed by atoms with Gasteiger partial charge in [0.1, 0.15) is 0 Å². The molecule has 190 valence electrons. The number of aryl methyl sites for hydroxylation is 1. The summed E-state index contributed by atoms with van der Waals surface area (Å²) >= 11 is 0.986. The van der Waals surface area contributed by atoms with Crippen LogP contribution in [0, 0.1) is 12.8 Å². The van der Waals surface area contributed by atoms with E-state index in [1.54, 1.807) is 17.0 Å². The van der Waals surface area contributed by atoms with Crippen molar-refractivity contribution >= 4 is 39.4 Å². The number of pyridine rings is 1. The molecular weight excluding hydrogens is 490 g/mol. The molecule has 3 N–H and O–H groups in total. The first-order chi connectivity index (χ1) is 18.0. The number of piperidine rings is 1. The molecule has 1 fully saturated rings. The third-order valence-electron chi connectivity index (χ3n) is 7.29. The van der Waals surface area contributed by atoms with Crippen LogP contribution < -0.4 is 16.2 Å². The molecule has 3 amide bonds. The lowest BCUT2D eigenvalue weighted by Gasteiger charge is -2.42. The van der Waals surface area contributed by atoms with Gasteiger partial charge in [-0.25, -0.2) is 4.79 Å². The molecule has 5 heterocycles. The Balaban J connectivity index is 1.08. The number of carbonyl (C=O) groups is 2. The first-order valence-corrected chi connectivity index (χ1v) is 13.2. The topological polar surface area (TPSA) is 125 Å². The van der Waals surface area contributed by atoms with E-state index < -0.39 is 0 Å². The number of benzene rings is 1. The monoisotopic (exact) mass is 517 g/mol. The molecule has 0 aliphatic carbocycles. The number of rotatable bonds is 5. The molecule has 2 bridgehead atoms. The second kappa shape index (κ2) is 9.47. The van der Waals surface area contributed by atoms with Crippen molar-refractivity contribution in [3.63, 3.8) is 0 Å². The lowest BCUT2D eigenvalue weighted by Crippen LogP contribution is -2.50. The van der Waals surface area contributed by atoms with Crippen molar-refractivity contribution in [2.45, 2.75) is 32.2 Å². The molecule has 10 nitrogen and oxygen atoms in total. The first kappa shape index (κ1) is 23.4. The van der Waals surface area contributed by atoms with Gasteiger partial charge in [-0.2, -0.15) is 0 Å². The molecule has 2 unspecified atom stereocenters. The van der Waals surface area contributed by atoms with Crippen molar-refractivity contribution in [3.05, 3.63) is 75.5 Å². The van der Waals surface area contributed by atoms with Crippen molar-refractivity contribution in [1.82, 2.24) is 29.4 Å². The summed E-state index contributed by atoms with van der Waals surface area (Å²) in [4.78, 5) is 43.3. The Morgan fingerprint density at radius 2 is 2.08 bits per heavy atom. The molecule has 37 heavy (non-hydrogen) atoms. The summed E-state index contributed by atoms with van der Waals surface area (Å²) in [5, 5.41) is 11.2. The van der Waals surface area contributed by atoms with Gasteiger partial charge in [0, 0.05) is 72.5 Å². The summed E-state index contributed by atoms with van der Waals surface area (Å²) in [6.45, 7) is 4.17. The molecule has 0 saturated carbocycles. The van der Waals surface area contributed by atoms with E-state index >= 15 is 0 Å². The Kier molecular flexibility index (Phi) is 5.99. The van der Waals surface area contributed by atoms with Gasteiger partial charge in [-0.05, 0) is 49.4 Å². The van der Waals surface area contributed by atoms with E-state index in [1.165, 1.54) is 5.56 Å². The van der Waals surface area contributed by atoms with Crippen LogP contribution in [0.25, 0.3) is 10.9 Å². The molecule has 0 radical (unpaired) electrons. The van der Waals surface area contributed by atoms with Crippen LogP contribution in [0.5, 0.6) is 0 Å². The van der Waals surface area contributed by atoms with Crippen molar-refractivity contribution in [1.29, 1.82) is 0 Å². The molecule has 2 aliphatic rings. The fourth-order valence-corrected chi connectivity index (χ4v) is 6.11. The standard InChI is InChI=1S/C26H27N7O3S/c1-15-5-6-20-19(9-15)17(11-28-20)7-8-27-24(35)23-25(37-31-30-23)29-26(36)32-12-16-10-18(14-32)21-3-2-4-22(34)33(21)13-16/h2-6,9,11,16,18,28H,7-8,10,12-14H2,1H3,(H,27,35)(H,29,36). The Bertz CT molecular complexity index is 1560. The number of hydrogen-bond donors (Lipinski definition) is 3. The van der Waals surface area contributed by atoms with Crippen LogP contribution >= 0.6 is 11.5 Å². The number of hydrogen-bond acceptors (Lipinski definition) is 6. The summed E-state index contributed by atoms with van der Waals surface area (Å²) in [7, 11) is 0. The lowest BCUT2D eigenvalue weighted by molar-refractivity contribution is 0.0950. The van der Waals surface area contributed by atoms with Crippen LogP contribution in [0.4, 0.5) is 9.80 Å². The molecule has 11 heteroatoms. The highest BCUT2D eigenvalue weighted by molar-refractivity contribution is 7.10. The Morgan fingerprint density at radius 3 is 2.97 bits per heavy atom. The quantitative estimate of drug-likeness (QED) is 0.375. The van der Waals surface area contributed by atoms with Crippen LogP contribution in [0.15, 0.2) is 47.4 Å². The van der Waals surface area contributed by atoms with Crippen LogP contribution in [0.3, 0.4) is 0 Å². The van der Waals surface area contributed by atoms with Gasteiger partial charge in [0.2, 0.25) is 0 Å². The van der Waals surface area contributed by atoms with Crippen LogP contribution in [0.1, 0.15) is 39.6 Å². The normalized spacial score (nSPS) is 18.5. The highest BCUT2D eigenvalue weighted by Gasteiger charge is 2.36. The number of nitrogens with one attached hydrogen (secondary N) is 3. The average molecular weight is 518 g/mol. The molecule has 4 aromatic rings. The zero-order valence-corrected chi connectivity index (χ0v) is 21.2. The minimum atomic E-state index is -0.371. The van der Waals surface area contributed by atoms with Gasteiger partial charge in [0.05, 0.1) is 0 Å². The summed E-state index contributed by atoms with van der Waals surface area (Å²) in [5.41, 5.74) is 4.48. The predicted molar refractivity (Wildman–Crippen MR) is 141 cm³/mol. The Morgan fingerprint density at radius 1 is 1.19 bits per heavy atom. The van der Waals surface area contributed by atoms with Gasteiger partial charge in [-0.3, -0.25) is 14.9 Å². The van der Waals surface area contributed by atoms with E-state index in [1.807, 2.05) is 16.8 Å². The zero-order chi connectivity index (χ0) is 25.5. The maximum Gasteiger partial charge on any atom is 0.322 e. The molecule has 6 rings (SSSR count). The van der Waals surface area contributed by atoms with Crippen LogP contribution in [-0.4, -0.2) is 55.6 Å². The average Bonchev–Trinajstić information content (AvgIpc) is 3.51. The third kappa shape index (κ3) is 4.50. The molecular formula is C26H27N7O3S. The number of aromatic amines is 1. The van der Waals surface area contributed by atoms with Gasteiger partial charge in [0.25, 0.3) is 11.5 Å². The van der Waals surface area contributed by atoms with Crippen molar-refractivity contribution in [2.75, 3.05) is 25.0 Å². The van der Waals surface area contributed by atoms with E-state index in [9.17, 15) is 14.4 Å². The Hall–Kier alpha value is -3.99. The molecule has 2 atom stereocenters. The first-order valence-electron chi connectivity index (χ1n) is 12.4. The molecule has 0 spiro atoms. The van der Waals surface area contributed by atoms with Gasteiger partial charge in [0.15, 0.2) is 10.7 Å². The zero-order valence-electron chi connectivity index (χ0n) is 20.4. The molecule has 1 aromatic carbocycles. The maximum atomic E-state index is 13.1. The van der Waals surface area contributed by atoms with Gasteiger partial charge >= 0.3 is 6.03 Å². The van der Waals surface area contributed by atoms with Gasteiger partial charge in [-0.15, -0.1) is 5.10 Å². The number of H-pyrrole nitrogens is 1. The van der Waals surface area contributed by atoms with Crippen molar-refractivity contribution in [3.8, 4) is 0 Å². The van der Waals surface area contributed by atoms with Crippen molar-refractivity contribution < 1.29 is 9.59 Å². The van der Waals surface area contributed by atoms with Crippen LogP contribution in [0.2, 0.25) is 0 Å². The van der Waals surface area contributed by atoms with E-state index in [2.05, 4.69) is 50.3 Å². The van der Waals surface area contributed by atoms with E-state index in [0.29, 0.717) is 37.6 Å². The highest BCUT2D eigenvalue weighted by atomic mass is 32.1. The number of likely N-dealkylation sites (tertiary alicyclic amines) is 1. The van der Waals surface area contributed by atoms with Crippen molar-refractivity contribution in [2.24, 2.45) is 5.92 Å². The van der Waals surface area contributed by atoms with Crippen LogP contribution in [-0.2, 0) is 13.0 Å². The van der Waals surface area contributed by atoms with E-state index in [-0.39, 0.29) is 35.0 Å². The number of amides is 3. The number of anilines is 1. The number of nitrogens with zero attached hydrogens (tertiary/aromatic N) is 4. The highest BCUT2D eigenvalue weighted by Crippen LogP contribution is 2.35. The molecule has 3 aromatic heterocycles. The second-order valence-corrected chi connectivity index (χ2v) is 10.6. The smallest absolute Gasteiger partial charge is 0.322 e. The summed E-state index contributed by atoms with van der Waals surface area (Å²) in [5.74, 6) is -0.0422. The van der Waals surface area contributed by atoms with E-state index in [0.717, 1.165) is 40.1 Å². The van der Waals surface area contributed by atoms with E-state index in [4.69, 9.17) is 0 Å². The largest absolute Gasteiger partial charge is 0.361 e. The Labute approximate surface area is 216 Å². The summed E-state index contributed by atoms with van der Waals surface area (Å²) in [6, 6.07) is 11.3. The predicted octanol–water partition coefficient (Wildman–Crippen LogP) is 3.11. The minimum Gasteiger partial charge on any atom is -0.361 e. The molecule has 1 saturated heterocycles. The minimum absolute atomic E-state index is 0.0105. The third-order valence-corrected chi connectivity index (χ3v) is 7.93. The van der Waals surface area contributed by atoms with Gasteiger partial charge in [-0.1, -0.05) is 22.2 Å². The van der Waals surface area contributed by atoms with Gasteiger partial charge < -0.3 is 19.8 Å². The fourth-order valence-electron chi connectivity index (χ4n) is 5.55. The number of fused-ring (bicyclic) bond motifs is 5. The fraction of sp³-hybridized carbons (Fsp3) is 0.346. The number of aromatic nitrogens is 4.